The predicted octanol–water partition coefficient (Wildman–Crippen LogP) is 5.00. The van der Waals surface area contributed by atoms with Crippen LogP contribution in [0, 0.1) is 12.3 Å². The molecule has 0 N–H and O–H groups in total. The molecule has 0 amide bonds. The van der Waals surface area contributed by atoms with Crippen molar-refractivity contribution >= 4 is 11.6 Å². The van der Waals surface area contributed by atoms with E-state index in [0.717, 1.165) is 55.2 Å². The molecule has 0 radical (unpaired) electrons. The second kappa shape index (κ2) is 6.89. The van der Waals surface area contributed by atoms with E-state index in [1.165, 1.54) is 11.1 Å². The first kappa shape index (κ1) is 19.5. The van der Waals surface area contributed by atoms with Crippen molar-refractivity contribution in [3.05, 3.63) is 75.8 Å². The predicted molar refractivity (Wildman–Crippen MR) is 119 cm³/mol. The highest BCUT2D eigenvalue weighted by Crippen LogP contribution is 2.59. The third kappa shape index (κ3) is 3.22. The zero-order chi connectivity index (χ0) is 21.2. The fourth-order valence-corrected chi connectivity index (χ4v) is 5.94. The van der Waals surface area contributed by atoms with Crippen LogP contribution in [0.5, 0.6) is 0 Å². The van der Waals surface area contributed by atoms with Gasteiger partial charge in [0, 0.05) is 16.9 Å². The minimum atomic E-state index is -0.242. The quantitative estimate of drug-likeness (QED) is 0.578. The largest absolute Gasteiger partial charge is 0.375 e. The summed E-state index contributed by atoms with van der Waals surface area (Å²) in [5.41, 5.74) is 4.78. The topological polar surface area (TPSA) is 49.2 Å². The first-order valence-corrected chi connectivity index (χ1v) is 11.4. The Balaban J connectivity index is 1.44. The lowest BCUT2D eigenvalue weighted by molar-refractivity contribution is 0.00296. The maximum absolute atomic E-state index is 6.36. The Labute approximate surface area is 187 Å². The van der Waals surface area contributed by atoms with Crippen molar-refractivity contribution < 1.29 is 9.47 Å². The second-order valence-electron chi connectivity index (χ2n) is 9.70. The summed E-state index contributed by atoms with van der Waals surface area (Å²) in [6, 6.07) is 14.4. The third-order valence-electron chi connectivity index (χ3n) is 7.08. The first-order valence-electron chi connectivity index (χ1n) is 11.0. The molecule has 1 atom stereocenters. The van der Waals surface area contributed by atoms with Gasteiger partial charge < -0.3 is 9.47 Å². The van der Waals surface area contributed by atoms with Crippen molar-refractivity contribution in [1.82, 2.24) is 14.8 Å². The fraction of sp³-hybridized carbons (Fsp3) is 0.440. The van der Waals surface area contributed by atoms with Crippen molar-refractivity contribution in [2.45, 2.75) is 51.2 Å². The molecule has 1 aliphatic carbocycles. The van der Waals surface area contributed by atoms with Crippen LogP contribution in [0.25, 0.3) is 5.69 Å². The normalized spacial score (nSPS) is 28.9. The van der Waals surface area contributed by atoms with Crippen molar-refractivity contribution in [2.75, 3.05) is 13.2 Å². The molecule has 7 rings (SSSR count). The van der Waals surface area contributed by atoms with Crippen LogP contribution in [0.15, 0.2) is 42.5 Å². The Kier molecular flexibility index (Phi) is 4.33. The van der Waals surface area contributed by atoms with Gasteiger partial charge in [-0.05, 0) is 61.9 Å². The highest BCUT2D eigenvalue weighted by Gasteiger charge is 2.60. The molecule has 2 saturated heterocycles. The molecule has 3 fully saturated rings. The summed E-state index contributed by atoms with van der Waals surface area (Å²) in [6.45, 7) is 5.77. The molecule has 31 heavy (non-hydrogen) atoms. The molecular weight excluding hydrogens is 410 g/mol. The number of nitrogens with zero attached hydrogens (tertiary/aromatic N) is 3. The Morgan fingerprint density at radius 3 is 2.84 bits per heavy atom. The number of fused-ring (bicyclic) bond motifs is 2. The van der Waals surface area contributed by atoms with E-state index in [9.17, 15) is 0 Å². The molecule has 6 heteroatoms. The summed E-state index contributed by atoms with van der Waals surface area (Å²) in [5.74, 6) is 1.68. The summed E-state index contributed by atoms with van der Waals surface area (Å²) in [5, 5.41) is 5.69. The fourth-order valence-electron chi connectivity index (χ4n) is 5.78. The smallest absolute Gasteiger partial charge is 0.184 e. The molecule has 3 aliphatic heterocycles. The van der Waals surface area contributed by atoms with Crippen LogP contribution in [-0.2, 0) is 22.3 Å². The number of aryl methyl sites for hydroxylation is 1. The third-order valence-corrected chi connectivity index (χ3v) is 7.31. The highest BCUT2D eigenvalue weighted by atomic mass is 35.5. The number of aromatic nitrogens is 3. The molecule has 0 spiro atoms. The van der Waals surface area contributed by atoms with Gasteiger partial charge in [0.15, 0.2) is 5.82 Å². The molecule has 2 aromatic carbocycles. The van der Waals surface area contributed by atoms with Gasteiger partial charge in [0.05, 0.1) is 24.5 Å². The summed E-state index contributed by atoms with van der Waals surface area (Å²) >= 11 is 6.36. The minimum Gasteiger partial charge on any atom is -0.375 e. The summed E-state index contributed by atoms with van der Waals surface area (Å²) in [6.07, 6.45) is 3.69. The molecule has 4 heterocycles. The van der Waals surface area contributed by atoms with Crippen LogP contribution in [0.3, 0.4) is 0 Å². The van der Waals surface area contributed by atoms with Gasteiger partial charge in [-0.2, -0.15) is 0 Å². The number of hydrogen-bond acceptors (Lipinski definition) is 4. The van der Waals surface area contributed by atoms with Crippen molar-refractivity contribution in [3.63, 3.8) is 0 Å². The zero-order valence-electron chi connectivity index (χ0n) is 17.9. The Morgan fingerprint density at radius 1 is 1.19 bits per heavy atom. The number of benzene rings is 2. The summed E-state index contributed by atoms with van der Waals surface area (Å²) in [7, 11) is 0. The molecular formula is C25H26ClN3O2. The molecule has 1 saturated carbocycles. The van der Waals surface area contributed by atoms with E-state index < -0.39 is 0 Å². The Morgan fingerprint density at radius 2 is 2.03 bits per heavy atom. The monoisotopic (exact) mass is 435 g/mol. The van der Waals surface area contributed by atoms with Crippen LogP contribution in [-0.4, -0.2) is 33.6 Å². The van der Waals surface area contributed by atoms with E-state index in [4.69, 9.17) is 31.2 Å². The number of ether oxygens (including phenoxy) is 2. The van der Waals surface area contributed by atoms with Gasteiger partial charge in [0.1, 0.15) is 11.9 Å². The van der Waals surface area contributed by atoms with E-state index >= 15 is 0 Å². The Hall–Kier alpha value is -2.21. The summed E-state index contributed by atoms with van der Waals surface area (Å²) < 4.78 is 14.2. The van der Waals surface area contributed by atoms with Crippen LogP contribution in [0.4, 0.5) is 0 Å². The number of halogens is 1. The van der Waals surface area contributed by atoms with Crippen LogP contribution < -0.4 is 0 Å². The lowest BCUT2D eigenvalue weighted by Gasteiger charge is -2.42. The van der Waals surface area contributed by atoms with Gasteiger partial charge in [-0.15, -0.1) is 5.10 Å². The summed E-state index contributed by atoms with van der Waals surface area (Å²) in [4.78, 5) is 5.06. The lowest BCUT2D eigenvalue weighted by atomic mass is 9.61. The molecule has 4 aliphatic rings. The van der Waals surface area contributed by atoms with Crippen LogP contribution >= 0.6 is 11.6 Å². The molecule has 2 bridgehead atoms. The SMILES string of the molecule is Cc1ccc(Cl)cc1-n1nc(C2OCCc3ccccc32)nc1CC12COC(C)(C1)C2. The lowest BCUT2D eigenvalue weighted by Crippen LogP contribution is -2.43. The van der Waals surface area contributed by atoms with Crippen LogP contribution in [0.1, 0.15) is 54.2 Å². The van der Waals surface area contributed by atoms with Crippen molar-refractivity contribution in [2.24, 2.45) is 5.41 Å². The maximum atomic E-state index is 6.36. The average molecular weight is 436 g/mol. The van der Waals surface area contributed by atoms with Gasteiger partial charge >= 0.3 is 0 Å². The minimum absolute atomic E-state index is 0.0467. The molecule has 160 valence electrons. The van der Waals surface area contributed by atoms with Crippen LogP contribution in [0.2, 0.25) is 5.02 Å². The van der Waals surface area contributed by atoms with Crippen molar-refractivity contribution in [1.29, 1.82) is 0 Å². The highest BCUT2D eigenvalue weighted by molar-refractivity contribution is 6.30. The van der Waals surface area contributed by atoms with E-state index in [2.05, 4.69) is 38.1 Å². The average Bonchev–Trinajstić information content (AvgIpc) is 3.40. The van der Waals surface area contributed by atoms with E-state index in [-0.39, 0.29) is 17.1 Å². The Bertz CT molecular complexity index is 1170. The molecule has 1 unspecified atom stereocenters. The van der Waals surface area contributed by atoms with Gasteiger partial charge in [-0.3, -0.25) is 0 Å². The van der Waals surface area contributed by atoms with E-state index in [1.807, 2.05) is 22.9 Å². The van der Waals surface area contributed by atoms with E-state index in [1.54, 1.807) is 0 Å². The zero-order valence-corrected chi connectivity index (χ0v) is 18.7. The maximum Gasteiger partial charge on any atom is 0.184 e. The number of hydrogen-bond donors (Lipinski definition) is 0. The van der Waals surface area contributed by atoms with E-state index in [0.29, 0.717) is 11.6 Å². The second-order valence-corrected chi connectivity index (χ2v) is 10.1. The standard InChI is InChI=1S/C25H26ClN3O2/c1-16-7-8-18(26)11-20(16)29-21(12-25-13-24(2,14-25)31-15-25)27-23(28-29)22-19-6-4-3-5-17(19)9-10-30-22/h3-8,11,22H,9-10,12-15H2,1-2H3. The van der Waals surface area contributed by atoms with Gasteiger partial charge in [0.2, 0.25) is 0 Å². The molecule has 5 nitrogen and oxygen atoms in total. The molecule has 3 aromatic rings. The first-order chi connectivity index (χ1) is 14.9. The van der Waals surface area contributed by atoms with Gasteiger partial charge in [0.25, 0.3) is 0 Å². The van der Waals surface area contributed by atoms with Gasteiger partial charge in [-0.25, -0.2) is 9.67 Å². The van der Waals surface area contributed by atoms with Crippen molar-refractivity contribution in [3.8, 4) is 5.69 Å². The van der Waals surface area contributed by atoms with Gasteiger partial charge in [-0.1, -0.05) is 41.9 Å². The number of rotatable bonds is 4. The molecule has 1 aromatic heterocycles.